The number of rotatable bonds is 1. The Balaban J connectivity index is 2.56. The SMILES string of the molecule is O[B]C1=CC(Cl)CC(Cl)C1. The second-order valence-electron chi connectivity index (χ2n) is 2.42. The first-order valence-corrected chi connectivity index (χ1v) is 4.06. The van der Waals surface area contributed by atoms with Gasteiger partial charge in [-0.1, -0.05) is 11.5 Å². The van der Waals surface area contributed by atoms with Crippen molar-refractivity contribution >= 4 is 30.7 Å². The molecular formula is C6H8BCl2O. The Morgan fingerprint density at radius 2 is 2.30 bits per heavy atom. The minimum Gasteiger partial charge on any atom is -0.450 e. The van der Waals surface area contributed by atoms with E-state index in [0.29, 0.717) is 0 Å². The van der Waals surface area contributed by atoms with Crippen molar-refractivity contribution in [1.29, 1.82) is 0 Å². The first-order valence-electron chi connectivity index (χ1n) is 3.18. The zero-order chi connectivity index (χ0) is 7.56. The summed E-state index contributed by atoms with van der Waals surface area (Å²) in [5.74, 6) is 0. The molecule has 4 heteroatoms. The van der Waals surface area contributed by atoms with Crippen molar-refractivity contribution in [2.24, 2.45) is 0 Å². The van der Waals surface area contributed by atoms with Crippen LogP contribution in [-0.4, -0.2) is 23.3 Å². The molecule has 2 atom stereocenters. The lowest BCUT2D eigenvalue weighted by Crippen LogP contribution is -2.16. The Morgan fingerprint density at radius 1 is 1.60 bits per heavy atom. The summed E-state index contributed by atoms with van der Waals surface area (Å²) < 4.78 is 0. The molecule has 0 amide bonds. The molecule has 0 bridgehead atoms. The molecule has 0 spiro atoms. The Bertz CT molecular complexity index is 149. The van der Waals surface area contributed by atoms with Gasteiger partial charge in [0.2, 0.25) is 0 Å². The van der Waals surface area contributed by atoms with E-state index in [1.165, 1.54) is 0 Å². The Morgan fingerprint density at radius 3 is 2.80 bits per heavy atom. The van der Waals surface area contributed by atoms with Gasteiger partial charge in [0.15, 0.2) is 0 Å². The minimum absolute atomic E-state index is 0.0188. The molecular weight excluding hydrogens is 170 g/mol. The van der Waals surface area contributed by atoms with Crippen LogP contribution in [0.3, 0.4) is 0 Å². The van der Waals surface area contributed by atoms with Crippen LogP contribution in [-0.2, 0) is 0 Å². The van der Waals surface area contributed by atoms with Crippen molar-refractivity contribution in [3.05, 3.63) is 11.5 Å². The Labute approximate surface area is 71.3 Å². The van der Waals surface area contributed by atoms with Crippen LogP contribution in [0.5, 0.6) is 0 Å². The molecule has 0 saturated heterocycles. The van der Waals surface area contributed by atoms with E-state index < -0.39 is 0 Å². The van der Waals surface area contributed by atoms with Gasteiger partial charge in [-0.25, -0.2) is 0 Å². The molecule has 0 aromatic heterocycles. The number of alkyl halides is 2. The van der Waals surface area contributed by atoms with Gasteiger partial charge in [0.05, 0.1) is 5.38 Å². The summed E-state index contributed by atoms with van der Waals surface area (Å²) in [6.07, 6.45) is 3.35. The molecule has 10 heavy (non-hydrogen) atoms. The van der Waals surface area contributed by atoms with Crippen LogP contribution >= 0.6 is 23.2 Å². The average Bonchev–Trinajstić information content (AvgIpc) is 1.85. The van der Waals surface area contributed by atoms with Crippen LogP contribution in [0.4, 0.5) is 0 Å². The summed E-state index contributed by atoms with van der Waals surface area (Å²) in [7, 11) is 1.07. The first-order chi connectivity index (χ1) is 4.72. The molecule has 1 N–H and O–H groups in total. The first kappa shape index (κ1) is 8.44. The average molecular weight is 178 g/mol. The lowest BCUT2D eigenvalue weighted by atomic mass is 9.80. The molecule has 1 aliphatic rings. The molecule has 0 aromatic carbocycles. The van der Waals surface area contributed by atoms with Crippen LogP contribution in [0, 0.1) is 0 Å². The van der Waals surface area contributed by atoms with Gasteiger partial charge in [0.25, 0.3) is 0 Å². The van der Waals surface area contributed by atoms with Crippen LogP contribution < -0.4 is 0 Å². The van der Waals surface area contributed by atoms with Crippen LogP contribution in [0.2, 0.25) is 0 Å². The summed E-state index contributed by atoms with van der Waals surface area (Å²) in [5.41, 5.74) is 0.839. The second kappa shape index (κ2) is 3.65. The highest BCUT2D eigenvalue weighted by molar-refractivity contribution is 6.38. The van der Waals surface area contributed by atoms with E-state index in [4.69, 9.17) is 28.2 Å². The minimum atomic E-state index is -0.0188. The molecule has 0 heterocycles. The van der Waals surface area contributed by atoms with E-state index in [1.807, 2.05) is 6.08 Å². The van der Waals surface area contributed by atoms with Gasteiger partial charge in [-0.3, -0.25) is 0 Å². The maximum absolute atomic E-state index is 8.62. The van der Waals surface area contributed by atoms with E-state index >= 15 is 0 Å². The van der Waals surface area contributed by atoms with E-state index in [1.54, 1.807) is 0 Å². The van der Waals surface area contributed by atoms with Gasteiger partial charge < -0.3 is 5.02 Å². The highest BCUT2D eigenvalue weighted by atomic mass is 35.5. The van der Waals surface area contributed by atoms with E-state index in [9.17, 15) is 0 Å². The number of allylic oxidation sites excluding steroid dienone is 2. The molecule has 1 rings (SSSR count). The summed E-state index contributed by atoms with van der Waals surface area (Å²) >= 11 is 11.6. The molecule has 1 aliphatic carbocycles. The highest BCUT2D eigenvalue weighted by Gasteiger charge is 2.18. The van der Waals surface area contributed by atoms with Crippen molar-refractivity contribution in [2.45, 2.75) is 23.6 Å². The molecule has 2 unspecified atom stereocenters. The quantitative estimate of drug-likeness (QED) is 0.476. The Kier molecular flexibility index (Phi) is 3.08. The van der Waals surface area contributed by atoms with Gasteiger partial charge in [0.1, 0.15) is 0 Å². The van der Waals surface area contributed by atoms with Gasteiger partial charge in [-0.15, -0.1) is 23.2 Å². The zero-order valence-corrected chi connectivity index (χ0v) is 6.94. The fourth-order valence-electron chi connectivity index (χ4n) is 1.05. The monoisotopic (exact) mass is 177 g/mol. The van der Waals surface area contributed by atoms with Crippen LogP contribution in [0.1, 0.15) is 12.8 Å². The number of hydrogen-bond donors (Lipinski definition) is 1. The number of hydrogen-bond acceptors (Lipinski definition) is 1. The van der Waals surface area contributed by atoms with Gasteiger partial charge >= 0.3 is 7.48 Å². The van der Waals surface area contributed by atoms with E-state index in [0.717, 1.165) is 25.8 Å². The fraction of sp³-hybridized carbons (Fsp3) is 0.667. The lowest BCUT2D eigenvalue weighted by Gasteiger charge is -2.18. The van der Waals surface area contributed by atoms with Crippen molar-refractivity contribution in [2.75, 3.05) is 0 Å². The molecule has 1 radical (unpaired) electrons. The van der Waals surface area contributed by atoms with Crippen molar-refractivity contribution < 1.29 is 5.02 Å². The maximum Gasteiger partial charge on any atom is 0.322 e. The third-order valence-electron chi connectivity index (χ3n) is 1.50. The number of halogens is 2. The largest absolute Gasteiger partial charge is 0.450 e. The molecule has 0 aromatic rings. The standard InChI is InChI=1S/C6H8BCl2O/c8-5-1-4(7-10)2-6(9)3-5/h1,5-6,10H,2-3H2. The molecule has 0 aliphatic heterocycles. The van der Waals surface area contributed by atoms with E-state index in [2.05, 4.69) is 0 Å². The molecule has 1 nitrogen and oxygen atoms in total. The molecule has 0 saturated carbocycles. The van der Waals surface area contributed by atoms with Gasteiger partial charge in [0, 0.05) is 5.38 Å². The second-order valence-corrected chi connectivity index (χ2v) is 3.60. The summed E-state index contributed by atoms with van der Waals surface area (Å²) in [6, 6.07) is 0. The lowest BCUT2D eigenvalue weighted by molar-refractivity contribution is 0.601. The van der Waals surface area contributed by atoms with Crippen molar-refractivity contribution in [1.82, 2.24) is 0 Å². The van der Waals surface area contributed by atoms with Crippen LogP contribution in [0.25, 0.3) is 0 Å². The maximum atomic E-state index is 8.62. The summed E-state index contributed by atoms with van der Waals surface area (Å²) in [6.45, 7) is 0. The third-order valence-corrected chi connectivity index (χ3v) is 2.14. The van der Waals surface area contributed by atoms with Crippen LogP contribution in [0.15, 0.2) is 11.5 Å². The van der Waals surface area contributed by atoms with Gasteiger partial charge in [-0.05, 0) is 12.8 Å². The van der Waals surface area contributed by atoms with Crippen molar-refractivity contribution in [3.63, 3.8) is 0 Å². The zero-order valence-electron chi connectivity index (χ0n) is 5.43. The molecule has 55 valence electrons. The smallest absolute Gasteiger partial charge is 0.322 e. The molecule has 0 fully saturated rings. The van der Waals surface area contributed by atoms with Crippen molar-refractivity contribution in [3.8, 4) is 0 Å². The Hall–Kier alpha value is 0.345. The predicted octanol–water partition coefficient (Wildman–Crippen LogP) is 1.49. The third kappa shape index (κ3) is 2.19. The summed E-state index contributed by atoms with van der Waals surface area (Å²) in [4.78, 5) is 0. The summed E-state index contributed by atoms with van der Waals surface area (Å²) in [5, 5.41) is 8.67. The topological polar surface area (TPSA) is 20.2 Å². The highest BCUT2D eigenvalue weighted by Crippen LogP contribution is 2.24. The fourth-order valence-corrected chi connectivity index (χ4v) is 1.89. The predicted molar refractivity (Wildman–Crippen MR) is 44.6 cm³/mol. The van der Waals surface area contributed by atoms with E-state index in [-0.39, 0.29) is 10.8 Å². The normalized spacial score (nSPS) is 33.3. The van der Waals surface area contributed by atoms with Gasteiger partial charge in [-0.2, -0.15) is 0 Å².